The van der Waals surface area contributed by atoms with Crippen molar-refractivity contribution < 1.29 is 14.7 Å². The van der Waals surface area contributed by atoms with Gasteiger partial charge in [0.2, 0.25) is 5.91 Å². The van der Waals surface area contributed by atoms with E-state index in [1.165, 1.54) is 25.7 Å². The minimum absolute atomic E-state index is 0.0871. The van der Waals surface area contributed by atoms with Crippen LogP contribution in [0, 0.1) is 17.3 Å². The van der Waals surface area contributed by atoms with Gasteiger partial charge >= 0.3 is 5.97 Å². The number of benzene rings is 1. The van der Waals surface area contributed by atoms with Crippen LogP contribution in [-0.4, -0.2) is 35.0 Å². The lowest BCUT2D eigenvalue weighted by Crippen LogP contribution is -2.32. The second-order valence-corrected chi connectivity index (χ2v) is 7.53. The number of carboxylic acids is 1. The Balaban J connectivity index is 1.51. The summed E-state index contributed by atoms with van der Waals surface area (Å²) in [6.07, 6.45) is 5.88. The first-order valence-corrected chi connectivity index (χ1v) is 8.67. The molecule has 0 aromatic heterocycles. The van der Waals surface area contributed by atoms with Crippen molar-refractivity contribution in [3.8, 4) is 0 Å². The minimum atomic E-state index is -0.791. The monoisotopic (exact) mass is 313 g/mol. The molecule has 122 valence electrons. The number of carbonyl (C=O) groups excluding carboxylic acids is 1. The van der Waals surface area contributed by atoms with E-state index in [0.29, 0.717) is 13.1 Å². The van der Waals surface area contributed by atoms with Crippen molar-refractivity contribution in [2.24, 2.45) is 17.3 Å². The fourth-order valence-corrected chi connectivity index (χ4v) is 4.82. The average Bonchev–Trinajstić information content (AvgIpc) is 2.91. The first kappa shape index (κ1) is 14.7. The molecular formula is C19H23NO3. The van der Waals surface area contributed by atoms with E-state index in [-0.39, 0.29) is 23.2 Å². The lowest BCUT2D eigenvalue weighted by atomic mass is 9.89. The molecule has 1 aromatic carbocycles. The summed E-state index contributed by atoms with van der Waals surface area (Å²) in [6, 6.07) is 9.76. The maximum absolute atomic E-state index is 12.8. The Hall–Kier alpha value is -1.84. The van der Waals surface area contributed by atoms with Crippen molar-refractivity contribution in [1.82, 2.24) is 4.90 Å². The highest BCUT2D eigenvalue weighted by Gasteiger charge is 2.60. The number of hydrogen-bond donors (Lipinski definition) is 1. The molecular weight excluding hydrogens is 290 g/mol. The summed E-state index contributed by atoms with van der Waals surface area (Å²) in [5, 5.41) is 9.57. The largest absolute Gasteiger partial charge is 0.481 e. The predicted octanol–water partition coefficient (Wildman–Crippen LogP) is 2.89. The quantitative estimate of drug-likeness (QED) is 0.933. The third-order valence-corrected chi connectivity index (χ3v) is 6.26. The normalized spacial score (nSPS) is 31.5. The van der Waals surface area contributed by atoms with Crippen LogP contribution in [0.4, 0.5) is 0 Å². The topological polar surface area (TPSA) is 57.6 Å². The van der Waals surface area contributed by atoms with Gasteiger partial charge in [0.1, 0.15) is 0 Å². The molecule has 3 aliphatic rings. The van der Waals surface area contributed by atoms with Crippen molar-refractivity contribution >= 4 is 11.9 Å². The van der Waals surface area contributed by atoms with Gasteiger partial charge in [0, 0.05) is 24.9 Å². The molecule has 23 heavy (non-hydrogen) atoms. The molecule has 1 aromatic rings. The summed E-state index contributed by atoms with van der Waals surface area (Å²) in [7, 11) is 0. The lowest BCUT2D eigenvalue weighted by molar-refractivity contribution is -0.142. The van der Waals surface area contributed by atoms with Crippen LogP contribution in [0.2, 0.25) is 0 Å². The van der Waals surface area contributed by atoms with E-state index in [4.69, 9.17) is 0 Å². The zero-order valence-corrected chi connectivity index (χ0v) is 13.3. The summed E-state index contributed by atoms with van der Waals surface area (Å²) in [5.41, 5.74) is 1.31. The van der Waals surface area contributed by atoms with Crippen molar-refractivity contribution in [3.63, 3.8) is 0 Å². The van der Waals surface area contributed by atoms with E-state index >= 15 is 0 Å². The van der Waals surface area contributed by atoms with Crippen LogP contribution in [0.15, 0.2) is 30.3 Å². The standard InChI is InChI=1S/C19H23NO3/c21-17(16-10-19(16)8-4-5-9-19)20-11-14(15(12-20)18(22)23)13-6-2-1-3-7-13/h1-3,6-7,14-16H,4-5,8-12H2,(H,22,23)/t14-,15-,16?/m1/s1. The number of likely N-dealkylation sites (tertiary alicyclic amines) is 1. The highest BCUT2D eigenvalue weighted by molar-refractivity contribution is 5.84. The van der Waals surface area contributed by atoms with Gasteiger partial charge in [-0.05, 0) is 30.2 Å². The maximum atomic E-state index is 12.8. The van der Waals surface area contributed by atoms with E-state index in [9.17, 15) is 14.7 Å². The Bertz CT molecular complexity index is 621. The number of rotatable bonds is 3. The Labute approximate surface area is 136 Å². The molecule has 1 heterocycles. The molecule has 2 saturated carbocycles. The zero-order chi connectivity index (χ0) is 16.0. The van der Waals surface area contributed by atoms with Crippen molar-refractivity contribution in [1.29, 1.82) is 0 Å². The molecule has 1 saturated heterocycles. The van der Waals surface area contributed by atoms with Gasteiger partial charge in [-0.25, -0.2) is 0 Å². The Morgan fingerprint density at radius 2 is 1.78 bits per heavy atom. The SMILES string of the molecule is O=C(O)[C@@H]1CN(C(=O)C2CC23CCCC3)C[C@@H]1c1ccccc1. The Kier molecular flexibility index (Phi) is 3.43. The summed E-state index contributed by atoms with van der Waals surface area (Å²) < 4.78 is 0. The highest BCUT2D eigenvalue weighted by Crippen LogP contribution is 2.63. The van der Waals surface area contributed by atoms with Gasteiger partial charge < -0.3 is 10.0 Å². The molecule has 1 aliphatic heterocycles. The van der Waals surface area contributed by atoms with E-state index in [0.717, 1.165) is 12.0 Å². The second kappa shape index (κ2) is 5.36. The number of aliphatic carboxylic acids is 1. The molecule has 4 heteroatoms. The molecule has 0 radical (unpaired) electrons. The Morgan fingerprint density at radius 1 is 1.09 bits per heavy atom. The minimum Gasteiger partial charge on any atom is -0.481 e. The number of hydrogen-bond acceptors (Lipinski definition) is 2. The predicted molar refractivity (Wildman–Crippen MR) is 85.9 cm³/mol. The van der Waals surface area contributed by atoms with E-state index in [1.54, 1.807) is 0 Å². The van der Waals surface area contributed by atoms with Gasteiger partial charge in [-0.1, -0.05) is 43.2 Å². The van der Waals surface area contributed by atoms with Gasteiger partial charge in [0.15, 0.2) is 0 Å². The molecule has 1 unspecified atom stereocenters. The van der Waals surface area contributed by atoms with Crippen LogP contribution in [0.5, 0.6) is 0 Å². The van der Waals surface area contributed by atoms with Crippen LogP contribution in [0.1, 0.15) is 43.6 Å². The second-order valence-electron chi connectivity index (χ2n) is 7.53. The molecule has 1 N–H and O–H groups in total. The molecule has 4 rings (SSSR count). The van der Waals surface area contributed by atoms with E-state index in [1.807, 2.05) is 35.2 Å². The number of amides is 1. The number of carboxylic acid groups (broad SMARTS) is 1. The lowest BCUT2D eigenvalue weighted by Gasteiger charge is -2.18. The van der Waals surface area contributed by atoms with Crippen LogP contribution < -0.4 is 0 Å². The van der Waals surface area contributed by atoms with Crippen LogP contribution in [0.25, 0.3) is 0 Å². The molecule has 3 fully saturated rings. The first-order chi connectivity index (χ1) is 11.1. The summed E-state index contributed by atoms with van der Waals surface area (Å²) in [5.74, 6) is -0.998. The van der Waals surface area contributed by atoms with Gasteiger partial charge in [-0.2, -0.15) is 0 Å². The summed E-state index contributed by atoms with van der Waals surface area (Å²) >= 11 is 0. The van der Waals surface area contributed by atoms with Gasteiger partial charge in [-0.3, -0.25) is 9.59 Å². The third-order valence-electron chi connectivity index (χ3n) is 6.26. The molecule has 1 amide bonds. The Morgan fingerprint density at radius 3 is 2.43 bits per heavy atom. The number of carbonyl (C=O) groups is 2. The summed E-state index contributed by atoms with van der Waals surface area (Å²) in [6.45, 7) is 0.909. The average molecular weight is 313 g/mol. The number of nitrogens with zero attached hydrogens (tertiary/aromatic N) is 1. The molecule has 3 atom stereocenters. The van der Waals surface area contributed by atoms with Crippen molar-refractivity contribution in [2.45, 2.75) is 38.0 Å². The van der Waals surface area contributed by atoms with Crippen LogP contribution in [0.3, 0.4) is 0 Å². The van der Waals surface area contributed by atoms with Crippen molar-refractivity contribution in [2.75, 3.05) is 13.1 Å². The zero-order valence-electron chi connectivity index (χ0n) is 13.3. The molecule has 4 nitrogen and oxygen atoms in total. The van der Waals surface area contributed by atoms with Crippen molar-refractivity contribution in [3.05, 3.63) is 35.9 Å². The first-order valence-electron chi connectivity index (χ1n) is 8.67. The maximum Gasteiger partial charge on any atom is 0.308 e. The highest BCUT2D eigenvalue weighted by atomic mass is 16.4. The van der Waals surface area contributed by atoms with E-state index < -0.39 is 11.9 Å². The molecule has 0 bridgehead atoms. The fourth-order valence-electron chi connectivity index (χ4n) is 4.82. The molecule has 2 aliphatic carbocycles. The van der Waals surface area contributed by atoms with Gasteiger partial charge in [-0.15, -0.1) is 0 Å². The van der Waals surface area contributed by atoms with Gasteiger partial charge in [0.25, 0.3) is 0 Å². The smallest absolute Gasteiger partial charge is 0.308 e. The fraction of sp³-hybridized carbons (Fsp3) is 0.579. The third kappa shape index (κ3) is 2.44. The van der Waals surface area contributed by atoms with Crippen LogP contribution >= 0.6 is 0 Å². The van der Waals surface area contributed by atoms with Crippen LogP contribution in [-0.2, 0) is 9.59 Å². The summed E-state index contributed by atoms with van der Waals surface area (Å²) in [4.78, 5) is 26.3. The van der Waals surface area contributed by atoms with E-state index in [2.05, 4.69) is 0 Å². The molecule has 1 spiro atoms. The van der Waals surface area contributed by atoms with Gasteiger partial charge in [0.05, 0.1) is 5.92 Å².